The van der Waals surface area contributed by atoms with Crippen LogP contribution in [0.4, 0.5) is 5.82 Å². The van der Waals surface area contributed by atoms with Crippen molar-refractivity contribution in [1.29, 1.82) is 0 Å². The summed E-state index contributed by atoms with van der Waals surface area (Å²) in [6, 6.07) is 7.37. The lowest BCUT2D eigenvalue weighted by atomic mass is 9.84. The number of carbonyl (C=O) groups is 1. The summed E-state index contributed by atoms with van der Waals surface area (Å²) in [4.78, 5) is 28.1. The number of aryl methyl sites for hydroxylation is 1. The van der Waals surface area contributed by atoms with Crippen LogP contribution in [-0.4, -0.2) is 27.8 Å². The number of hydrogen-bond acceptors (Lipinski definition) is 4. The van der Waals surface area contributed by atoms with Crippen LogP contribution < -0.4 is 15.6 Å². The molecule has 1 atom stereocenters. The average Bonchev–Trinajstić information content (AvgIpc) is 2.97. The van der Waals surface area contributed by atoms with Crippen LogP contribution in [0, 0.1) is 0 Å². The maximum Gasteiger partial charge on any atom is 0.252 e. The quantitative estimate of drug-likeness (QED) is 0.746. The number of hydrogen-bond donors (Lipinski definition) is 2. The van der Waals surface area contributed by atoms with Gasteiger partial charge in [-0.15, -0.1) is 0 Å². The molecule has 0 saturated heterocycles. The topological polar surface area (TPSA) is 89.0 Å². The molecule has 7 heteroatoms. The maximum atomic E-state index is 12.8. The Hall–Kier alpha value is -3.09. The molecule has 1 aliphatic heterocycles. The smallest absolute Gasteiger partial charge is 0.252 e. The van der Waals surface area contributed by atoms with Crippen LogP contribution in [0.25, 0.3) is 10.9 Å². The first-order valence-corrected chi connectivity index (χ1v) is 8.96. The van der Waals surface area contributed by atoms with Crippen LogP contribution in [0.2, 0.25) is 0 Å². The third-order valence-electron chi connectivity index (χ3n) is 5.11. The molecule has 0 saturated carbocycles. The van der Waals surface area contributed by atoms with E-state index in [1.54, 1.807) is 11.8 Å². The molecule has 2 N–H and O–H groups in total. The highest BCUT2D eigenvalue weighted by Crippen LogP contribution is 2.40. The lowest BCUT2D eigenvalue weighted by molar-refractivity contribution is -0.116. The fourth-order valence-electron chi connectivity index (χ4n) is 3.80. The lowest BCUT2D eigenvalue weighted by Crippen LogP contribution is -2.28. The van der Waals surface area contributed by atoms with E-state index < -0.39 is 0 Å². The third-order valence-corrected chi connectivity index (χ3v) is 5.11. The van der Waals surface area contributed by atoms with Crippen molar-refractivity contribution in [3.8, 4) is 5.75 Å². The highest BCUT2D eigenvalue weighted by atomic mass is 16.5. The number of pyridine rings is 1. The fraction of sp³-hybridized carbons (Fsp3) is 0.350. The molecule has 140 valence electrons. The van der Waals surface area contributed by atoms with Gasteiger partial charge in [0.05, 0.1) is 12.8 Å². The van der Waals surface area contributed by atoms with E-state index in [4.69, 9.17) is 4.74 Å². The number of rotatable bonds is 3. The van der Waals surface area contributed by atoms with Gasteiger partial charge in [-0.25, -0.2) is 0 Å². The molecule has 3 aromatic rings. The second kappa shape index (κ2) is 6.26. The number of nitrogens with one attached hydrogen (secondary N) is 2. The van der Waals surface area contributed by atoms with Crippen molar-refractivity contribution in [2.75, 3.05) is 12.4 Å². The van der Waals surface area contributed by atoms with E-state index in [1.165, 1.54) is 0 Å². The first-order chi connectivity index (χ1) is 12.9. The zero-order chi connectivity index (χ0) is 19.3. The Morgan fingerprint density at radius 2 is 2.04 bits per heavy atom. The van der Waals surface area contributed by atoms with Crippen LogP contribution in [0.1, 0.15) is 48.9 Å². The summed E-state index contributed by atoms with van der Waals surface area (Å²) in [6.45, 7) is 4.12. The van der Waals surface area contributed by atoms with E-state index in [0.29, 0.717) is 17.1 Å². The molecular weight excluding hydrogens is 344 g/mol. The van der Waals surface area contributed by atoms with Crippen LogP contribution in [0.3, 0.4) is 0 Å². The molecule has 0 aliphatic carbocycles. The third kappa shape index (κ3) is 2.79. The average molecular weight is 366 g/mol. The number of nitrogens with zero attached hydrogens (tertiary/aromatic N) is 2. The van der Waals surface area contributed by atoms with Gasteiger partial charge in [-0.3, -0.25) is 14.3 Å². The molecule has 0 unspecified atom stereocenters. The maximum absolute atomic E-state index is 12.8. The number of aromatic nitrogens is 3. The van der Waals surface area contributed by atoms with E-state index in [0.717, 1.165) is 22.2 Å². The second-order valence-electron chi connectivity index (χ2n) is 7.24. The number of ether oxygens (including phenoxy) is 1. The van der Waals surface area contributed by atoms with Crippen molar-refractivity contribution in [2.24, 2.45) is 7.05 Å². The van der Waals surface area contributed by atoms with E-state index in [2.05, 4.69) is 29.2 Å². The number of H-pyrrole nitrogens is 1. The molecule has 0 bridgehead atoms. The molecule has 1 amide bonds. The minimum atomic E-state index is -0.334. The first-order valence-electron chi connectivity index (χ1n) is 8.96. The summed E-state index contributed by atoms with van der Waals surface area (Å²) in [5.74, 6) is 1.11. The van der Waals surface area contributed by atoms with Gasteiger partial charge in [0, 0.05) is 41.4 Å². The van der Waals surface area contributed by atoms with Gasteiger partial charge in [0.1, 0.15) is 11.6 Å². The van der Waals surface area contributed by atoms with Gasteiger partial charge in [0.25, 0.3) is 5.56 Å². The number of benzene rings is 1. The van der Waals surface area contributed by atoms with Crippen molar-refractivity contribution < 1.29 is 9.53 Å². The van der Waals surface area contributed by atoms with Crippen LogP contribution in [0.15, 0.2) is 29.1 Å². The van der Waals surface area contributed by atoms with Crippen LogP contribution >= 0.6 is 0 Å². The molecule has 27 heavy (non-hydrogen) atoms. The van der Waals surface area contributed by atoms with Crippen LogP contribution in [0.5, 0.6) is 5.75 Å². The Kier molecular flexibility index (Phi) is 4.02. The number of carbonyl (C=O) groups excluding carboxylic acids is 1. The molecule has 1 aromatic carbocycles. The van der Waals surface area contributed by atoms with E-state index >= 15 is 0 Å². The van der Waals surface area contributed by atoms with Gasteiger partial charge in [0.2, 0.25) is 5.91 Å². The minimum Gasteiger partial charge on any atom is -0.497 e. The van der Waals surface area contributed by atoms with Crippen LogP contribution in [-0.2, 0) is 11.8 Å². The van der Waals surface area contributed by atoms with Crippen molar-refractivity contribution in [2.45, 2.75) is 32.1 Å². The van der Waals surface area contributed by atoms with Gasteiger partial charge in [0.15, 0.2) is 0 Å². The standard InChI is InChI=1S/C20H22N4O3/c1-10(2)18-17-13(9-16(25)22-19(17)24(3)23-18)14-8-11-7-12(27-4)5-6-15(11)21-20(14)26/h5-8,10,13H,9H2,1-4H3,(H,21,26)(H,22,25)/t13-/m1/s1. The van der Waals surface area contributed by atoms with Crippen molar-refractivity contribution in [1.82, 2.24) is 14.8 Å². The molecule has 0 spiro atoms. The zero-order valence-corrected chi connectivity index (χ0v) is 15.8. The minimum absolute atomic E-state index is 0.115. The Balaban J connectivity index is 1.95. The highest BCUT2D eigenvalue weighted by Gasteiger charge is 2.34. The first kappa shape index (κ1) is 17.3. The lowest BCUT2D eigenvalue weighted by Gasteiger charge is -2.24. The van der Waals surface area contributed by atoms with Gasteiger partial charge in [-0.2, -0.15) is 5.10 Å². The monoisotopic (exact) mass is 366 g/mol. The fourth-order valence-corrected chi connectivity index (χ4v) is 3.80. The summed E-state index contributed by atoms with van der Waals surface area (Å²) >= 11 is 0. The summed E-state index contributed by atoms with van der Waals surface area (Å²) in [6.07, 6.45) is 0.219. The van der Waals surface area contributed by atoms with Gasteiger partial charge >= 0.3 is 0 Å². The number of amides is 1. The van der Waals surface area contributed by atoms with Gasteiger partial charge in [-0.05, 0) is 30.2 Å². The summed E-state index contributed by atoms with van der Waals surface area (Å²) in [7, 11) is 3.42. The Morgan fingerprint density at radius 3 is 2.74 bits per heavy atom. The predicted octanol–water partition coefficient (Wildman–Crippen LogP) is 2.87. The van der Waals surface area contributed by atoms with Gasteiger partial charge in [-0.1, -0.05) is 13.8 Å². The van der Waals surface area contributed by atoms with Crippen molar-refractivity contribution >= 4 is 22.6 Å². The van der Waals surface area contributed by atoms with E-state index in [-0.39, 0.29) is 29.7 Å². The molecule has 0 fully saturated rings. The predicted molar refractivity (Wildman–Crippen MR) is 104 cm³/mol. The van der Waals surface area contributed by atoms with E-state index in [9.17, 15) is 9.59 Å². The van der Waals surface area contributed by atoms with Gasteiger partial charge < -0.3 is 15.0 Å². The number of aromatic amines is 1. The number of fused-ring (bicyclic) bond motifs is 2. The van der Waals surface area contributed by atoms with E-state index in [1.807, 2.05) is 31.3 Å². The molecule has 3 heterocycles. The second-order valence-corrected chi connectivity index (χ2v) is 7.24. The largest absolute Gasteiger partial charge is 0.497 e. The molecule has 7 nitrogen and oxygen atoms in total. The van der Waals surface area contributed by atoms with Crippen molar-refractivity contribution in [3.05, 3.63) is 51.4 Å². The molecule has 0 radical (unpaired) electrons. The SMILES string of the molecule is COc1ccc2[nH]c(=O)c([C@H]3CC(=O)Nc4c3c(C(C)C)nn4C)cc2c1. The summed E-state index contributed by atoms with van der Waals surface area (Å²) < 4.78 is 6.98. The highest BCUT2D eigenvalue weighted by molar-refractivity contribution is 5.95. The number of anilines is 1. The number of methoxy groups -OCH3 is 1. The molecule has 4 rings (SSSR count). The summed E-state index contributed by atoms with van der Waals surface area (Å²) in [5, 5.41) is 8.37. The molecule has 2 aromatic heterocycles. The molecule has 1 aliphatic rings. The van der Waals surface area contributed by atoms with Crippen molar-refractivity contribution in [3.63, 3.8) is 0 Å². The Morgan fingerprint density at radius 1 is 1.26 bits per heavy atom. The normalized spacial score (nSPS) is 16.5. The Bertz CT molecular complexity index is 1110. The summed E-state index contributed by atoms with van der Waals surface area (Å²) in [5.41, 5.74) is 2.96. The zero-order valence-electron chi connectivity index (χ0n) is 15.8. The Labute approximate surface area is 156 Å². The molecular formula is C20H22N4O3.